The second-order valence-corrected chi connectivity index (χ2v) is 10.6. The number of aliphatic hydroxyl groups excluding tert-OH is 1. The van der Waals surface area contributed by atoms with Crippen molar-refractivity contribution in [3.8, 4) is 0 Å². The maximum absolute atomic E-state index is 12.7. The standard InChI is InChI=1S/C25H34O3/c1-24-12-10-18(26)14-17(24)15-19-20-8-9-22(25(20,2)13-11-21(19)24)28-23(27)16-6-4-3-5-7-16/h3-7,17-22,26H,8-15H2,1-2H3/t17-,18+,19+,20+,21+,22+,24+,25+/m1/s1. The first-order chi connectivity index (χ1) is 13.4. The van der Waals surface area contributed by atoms with Gasteiger partial charge >= 0.3 is 5.97 Å². The van der Waals surface area contributed by atoms with E-state index in [-0.39, 0.29) is 23.6 Å². The molecule has 4 saturated carbocycles. The fraction of sp³-hybridized carbons (Fsp3) is 0.720. The summed E-state index contributed by atoms with van der Waals surface area (Å²) in [7, 11) is 0. The Kier molecular flexibility index (Phi) is 4.39. The van der Waals surface area contributed by atoms with Crippen LogP contribution in [0, 0.1) is 34.5 Å². The lowest BCUT2D eigenvalue weighted by molar-refractivity contribution is -0.0616. The van der Waals surface area contributed by atoms with Crippen LogP contribution in [0.25, 0.3) is 0 Å². The lowest BCUT2D eigenvalue weighted by atomic mass is 9.56. The van der Waals surface area contributed by atoms with Crippen LogP contribution in [0.2, 0.25) is 0 Å². The minimum Gasteiger partial charge on any atom is -0.458 e. The van der Waals surface area contributed by atoms with E-state index in [9.17, 15) is 9.90 Å². The number of aliphatic hydroxyl groups is 1. The van der Waals surface area contributed by atoms with E-state index in [0.717, 1.165) is 31.1 Å². The fourth-order valence-electron chi connectivity index (χ4n) is 7.93. The molecule has 1 aromatic carbocycles. The molecule has 1 N–H and O–H groups in total. The van der Waals surface area contributed by atoms with Crippen LogP contribution in [0.5, 0.6) is 0 Å². The number of ether oxygens (including phenoxy) is 1. The number of hydrogen-bond acceptors (Lipinski definition) is 3. The van der Waals surface area contributed by atoms with Gasteiger partial charge in [-0.2, -0.15) is 0 Å². The van der Waals surface area contributed by atoms with Crippen molar-refractivity contribution in [1.82, 2.24) is 0 Å². The third-order valence-corrected chi connectivity index (χ3v) is 9.52. The van der Waals surface area contributed by atoms with Gasteiger partial charge in [0, 0.05) is 5.41 Å². The Morgan fingerprint density at radius 3 is 2.46 bits per heavy atom. The van der Waals surface area contributed by atoms with E-state index in [4.69, 9.17) is 4.74 Å². The van der Waals surface area contributed by atoms with Gasteiger partial charge in [-0.15, -0.1) is 0 Å². The second kappa shape index (κ2) is 6.58. The van der Waals surface area contributed by atoms with Crippen LogP contribution in [-0.2, 0) is 4.74 Å². The number of carbonyl (C=O) groups excluding carboxylic acids is 1. The molecule has 3 heteroatoms. The quantitative estimate of drug-likeness (QED) is 0.713. The molecule has 3 nitrogen and oxygen atoms in total. The van der Waals surface area contributed by atoms with Crippen LogP contribution in [0.4, 0.5) is 0 Å². The summed E-state index contributed by atoms with van der Waals surface area (Å²) in [5.74, 6) is 2.73. The molecule has 4 fully saturated rings. The maximum Gasteiger partial charge on any atom is 0.338 e. The highest BCUT2D eigenvalue weighted by Gasteiger charge is 2.63. The smallest absolute Gasteiger partial charge is 0.338 e. The number of rotatable bonds is 2. The Bertz CT molecular complexity index is 745. The van der Waals surface area contributed by atoms with E-state index in [1.165, 1.54) is 32.1 Å². The molecule has 8 atom stereocenters. The van der Waals surface area contributed by atoms with Crippen molar-refractivity contribution in [3.63, 3.8) is 0 Å². The molecule has 5 rings (SSSR count). The first-order valence-electron chi connectivity index (χ1n) is 11.4. The molecule has 0 aliphatic heterocycles. The van der Waals surface area contributed by atoms with E-state index in [1.807, 2.05) is 30.3 Å². The highest BCUT2D eigenvalue weighted by molar-refractivity contribution is 5.89. The van der Waals surface area contributed by atoms with Crippen molar-refractivity contribution in [3.05, 3.63) is 35.9 Å². The predicted molar refractivity (Wildman–Crippen MR) is 109 cm³/mol. The van der Waals surface area contributed by atoms with Gasteiger partial charge in [-0.05, 0) is 92.6 Å². The average molecular weight is 383 g/mol. The zero-order valence-corrected chi connectivity index (χ0v) is 17.3. The topological polar surface area (TPSA) is 46.5 Å². The summed E-state index contributed by atoms with van der Waals surface area (Å²) < 4.78 is 6.10. The molecular formula is C25H34O3. The molecule has 0 radical (unpaired) electrons. The summed E-state index contributed by atoms with van der Waals surface area (Å²) in [4.78, 5) is 12.7. The van der Waals surface area contributed by atoms with Crippen molar-refractivity contribution >= 4 is 5.97 Å². The summed E-state index contributed by atoms with van der Waals surface area (Å²) >= 11 is 0. The maximum atomic E-state index is 12.7. The number of fused-ring (bicyclic) bond motifs is 5. The van der Waals surface area contributed by atoms with E-state index < -0.39 is 0 Å². The van der Waals surface area contributed by atoms with Gasteiger partial charge in [0.05, 0.1) is 11.7 Å². The summed E-state index contributed by atoms with van der Waals surface area (Å²) in [6.45, 7) is 4.90. The van der Waals surface area contributed by atoms with E-state index in [1.54, 1.807) is 0 Å². The third kappa shape index (κ3) is 2.69. The van der Waals surface area contributed by atoms with Crippen LogP contribution >= 0.6 is 0 Å². The van der Waals surface area contributed by atoms with Gasteiger partial charge in [0.25, 0.3) is 0 Å². The van der Waals surface area contributed by atoms with Crippen LogP contribution in [0.15, 0.2) is 30.3 Å². The number of esters is 1. The van der Waals surface area contributed by atoms with E-state index in [0.29, 0.717) is 22.8 Å². The molecule has 1 aromatic rings. The van der Waals surface area contributed by atoms with Crippen LogP contribution in [-0.4, -0.2) is 23.3 Å². The summed E-state index contributed by atoms with van der Waals surface area (Å²) in [6, 6.07) is 9.43. The zero-order chi connectivity index (χ0) is 19.5. The van der Waals surface area contributed by atoms with E-state index >= 15 is 0 Å². The van der Waals surface area contributed by atoms with Gasteiger partial charge in [-0.1, -0.05) is 32.0 Å². The predicted octanol–water partition coefficient (Wildman–Crippen LogP) is 5.23. The number of carbonyl (C=O) groups is 1. The van der Waals surface area contributed by atoms with Gasteiger partial charge in [0.1, 0.15) is 6.10 Å². The van der Waals surface area contributed by atoms with Crippen LogP contribution in [0.3, 0.4) is 0 Å². The van der Waals surface area contributed by atoms with Gasteiger partial charge < -0.3 is 9.84 Å². The molecule has 4 aliphatic carbocycles. The van der Waals surface area contributed by atoms with Crippen LogP contribution in [0.1, 0.15) is 75.6 Å². The third-order valence-electron chi connectivity index (χ3n) is 9.52. The first kappa shape index (κ1) is 18.7. The highest BCUT2D eigenvalue weighted by atomic mass is 16.5. The Balaban J connectivity index is 1.35. The van der Waals surface area contributed by atoms with Crippen molar-refractivity contribution in [1.29, 1.82) is 0 Å². The Morgan fingerprint density at radius 1 is 0.964 bits per heavy atom. The molecule has 0 aromatic heterocycles. The average Bonchev–Trinajstić information content (AvgIpc) is 3.17. The summed E-state index contributed by atoms with van der Waals surface area (Å²) in [5, 5.41) is 10.2. The Labute approximate surface area is 168 Å². The van der Waals surface area contributed by atoms with Crippen molar-refractivity contribution in [2.75, 3.05) is 0 Å². The molecule has 0 heterocycles. The molecule has 0 bridgehead atoms. The summed E-state index contributed by atoms with van der Waals surface area (Å²) in [6.07, 6.45) is 9.04. The molecule has 0 spiro atoms. The van der Waals surface area contributed by atoms with Gasteiger partial charge in [-0.25, -0.2) is 4.79 Å². The molecule has 0 unspecified atom stereocenters. The second-order valence-electron chi connectivity index (χ2n) is 10.6. The highest BCUT2D eigenvalue weighted by Crippen LogP contribution is 2.68. The molecular weight excluding hydrogens is 348 g/mol. The summed E-state index contributed by atoms with van der Waals surface area (Å²) in [5.41, 5.74) is 1.20. The molecule has 152 valence electrons. The number of hydrogen-bond donors (Lipinski definition) is 1. The fourth-order valence-corrected chi connectivity index (χ4v) is 7.93. The minimum absolute atomic E-state index is 0.0483. The molecule has 0 amide bonds. The van der Waals surface area contributed by atoms with Crippen molar-refractivity contribution in [2.24, 2.45) is 34.5 Å². The Hall–Kier alpha value is -1.35. The molecule has 0 saturated heterocycles. The molecule has 4 aliphatic rings. The van der Waals surface area contributed by atoms with Gasteiger partial charge in [0.15, 0.2) is 0 Å². The normalized spacial score (nSPS) is 47.1. The Morgan fingerprint density at radius 2 is 1.68 bits per heavy atom. The van der Waals surface area contributed by atoms with Crippen LogP contribution < -0.4 is 0 Å². The lowest BCUT2D eigenvalue weighted by Gasteiger charge is -2.50. The van der Waals surface area contributed by atoms with Gasteiger partial charge in [0.2, 0.25) is 0 Å². The van der Waals surface area contributed by atoms with Crippen molar-refractivity contribution in [2.45, 2.75) is 77.4 Å². The SMILES string of the molecule is C[C@]12CC[C@H](O)C[C@@H]1C[C@@H]1[C@@H]2CC[C@]2(C)[C@@H](OC(=O)c3ccccc3)CC[C@@H]12. The first-order valence-corrected chi connectivity index (χ1v) is 11.4. The minimum atomic E-state index is -0.162. The van der Waals surface area contributed by atoms with Crippen molar-refractivity contribution < 1.29 is 14.6 Å². The molecule has 28 heavy (non-hydrogen) atoms. The lowest BCUT2D eigenvalue weighted by Crippen LogP contribution is -2.46. The largest absolute Gasteiger partial charge is 0.458 e. The van der Waals surface area contributed by atoms with E-state index in [2.05, 4.69) is 13.8 Å². The zero-order valence-electron chi connectivity index (χ0n) is 17.3. The number of benzene rings is 1. The monoisotopic (exact) mass is 382 g/mol. The van der Waals surface area contributed by atoms with Gasteiger partial charge in [-0.3, -0.25) is 0 Å².